The van der Waals surface area contributed by atoms with Crippen LogP contribution in [0.15, 0.2) is 29.6 Å². The predicted octanol–water partition coefficient (Wildman–Crippen LogP) is 5.37. The average molecular weight is 339 g/mol. The molecule has 0 amide bonds. The number of benzene rings is 1. The second-order valence-corrected chi connectivity index (χ2v) is 6.31. The van der Waals surface area contributed by atoms with Crippen LogP contribution in [0.3, 0.4) is 0 Å². The van der Waals surface area contributed by atoms with E-state index in [2.05, 4.69) is 53.4 Å². The van der Waals surface area contributed by atoms with Crippen molar-refractivity contribution in [2.24, 2.45) is 0 Å². The van der Waals surface area contributed by atoms with Gasteiger partial charge in [-0.25, -0.2) is 0 Å². The average Bonchev–Trinajstić information content (AvgIpc) is 2.94. The van der Waals surface area contributed by atoms with Gasteiger partial charge in [-0.05, 0) is 41.0 Å². The Morgan fingerprint density at radius 2 is 1.89 bits per heavy atom. The minimum absolute atomic E-state index is 0.207. The second kappa shape index (κ2) is 6.58. The number of aryl methyl sites for hydroxylation is 2. The summed E-state index contributed by atoms with van der Waals surface area (Å²) in [6.45, 7) is 4.43. The second-order valence-electron chi connectivity index (χ2n) is 4.45. The molecule has 2 aromatic rings. The highest BCUT2D eigenvalue weighted by Crippen LogP contribution is 2.40. The van der Waals surface area contributed by atoms with Gasteiger partial charge in [-0.1, -0.05) is 48.0 Å². The van der Waals surface area contributed by atoms with Crippen molar-refractivity contribution < 1.29 is 4.74 Å². The number of hydrogen-bond acceptors (Lipinski definition) is 2. The molecule has 0 aliphatic heterocycles. The summed E-state index contributed by atoms with van der Waals surface area (Å²) in [4.78, 5) is 1.44. The minimum atomic E-state index is 0.207. The Morgan fingerprint density at radius 1 is 1.16 bits per heavy atom. The molecule has 0 saturated heterocycles. The summed E-state index contributed by atoms with van der Waals surface area (Å²) in [5, 5.41) is 2.07. The Balaban J connectivity index is 2.36. The molecule has 0 N–H and O–H groups in total. The van der Waals surface area contributed by atoms with Crippen molar-refractivity contribution in [3.05, 3.63) is 51.2 Å². The molecule has 0 bridgehead atoms. The van der Waals surface area contributed by atoms with Crippen LogP contribution < -0.4 is 4.74 Å². The van der Waals surface area contributed by atoms with Gasteiger partial charge in [0.25, 0.3) is 0 Å². The number of rotatable bonds is 5. The van der Waals surface area contributed by atoms with E-state index in [-0.39, 0.29) is 4.83 Å². The summed E-state index contributed by atoms with van der Waals surface area (Å²) in [5.74, 6) is 0.962. The molecular weight excluding hydrogens is 320 g/mol. The first kappa shape index (κ1) is 14.6. The Kier molecular flexibility index (Phi) is 5.06. The lowest BCUT2D eigenvalue weighted by atomic mass is 9.98. The number of thiophene rings is 1. The summed E-state index contributed by atoms with van der Waals surface area (Å²) in [5.41, 5.74) is 4.19. The minimum Gasteiger partial charge on any atom is -0.496 e. The van der Waals surface area contributed by atoms with Crippen LogP contribution in [0.4, 0.5) is 0 Å². The van der Waals surface area contributed by atoms with Crippen LogP contribution >= 0.6 is 27.3 Å². The lowest BCUT2D eigenvalue weighted by Crippen LogP contribution is -1.97. The maximum absolute atomic E-state index is 5.41. The normalized spacial score (nSPS) is 12.4. The number of hydrogen-bond donors (Lipinski definition) is 0. The molecule has 1 aromatic heterocycles. The van der Waals surface area contributed by atoms with Crippen LogP contribution in [-0.4, -0.2) is 7.11 Å². The molecular formula is C16H19BrOS. The lowest BCUT2D eigenvalue weighted by molar-refractivity contribution is 0.413. The summed E-state index contributed by atoms with van der Waals surface area (Å²) >= 11 is 5.53. The molecule has 0 spiro atoms. The fourth-order valence-electron chi connectivity index (χ4n) is 2.29. The van der Waals surface area contributed by atoms with E-state index in [1.165, 1.54) is 21.6 Å². The molecule has 19 heavy (non-hydrogen) atoms. The molecule has 0 fully saturated rings. The summed E-state index contributed by atoms with van der Waals surface area (Å²) in [6.07, 6.45) is 2.18. The van der Waals surface area contributed by atoms with E-state index < -0.39 is 0 Å². The van der Waals surface area contributed by atoms with Crippen molar-refractivity contribution in [2.45, 2.75) is 31.5 Å². The van der Waals surface area contributed by atoms with Gasteiger partial charge in [0.2, 0.25) is 0 Å². The van der Waals surface area contributed by atoms with E-state index in [0.29, 0.717) is 0 Å². The molecule has 0 aliphatic rings. The molecule has 0 saturated carbocycles. The van der Waals surface area contributed by atoms with Gasteiger partial charge in [-0.2, -0.15) is 0 Å². The Bertz CT molecular complexity index is 547. The van der Waals surface area contributed by atoms with Gasteiger partial charge < -0.3 is 4.74 Å². The zero-order valence-electron chi connectivity index (χ0n) is 11.6. The number of halogens is 1. The fourth-order valence-corrected chi connectivity index (χ4v) is 3.99. The van der Waals surface area contributed by atoms with Crippen LogP contribution in [-0.2, 0) is 12.8 Å². The van der Waals surface area contributed by atoms with Gasteiger partial charge in [-0.3, -0.25) is 0 Å². The highest BCUT2D eigenvalue weighted by atomic mass is 79.9. The van der Waals surface area contributed by atoms with E-state index in [1.807, 2.05) is 6.07 Å². The quantitative estimate of drug-likeness (QED) is 0.666. The zero-order chi connectivity index (χ0) is 13.8. The molecule has 1 aromatic carbocycles. The molecule has 0 aliphatic carbocycles. The predicted molar refractivity (Wildman–Crippen MR) is 86.8 cm³/mol. The first-order valence-corrected chi connectivity index (χ1v) is 8.37. The van der Waals surface area contributed by atoms with Crippen molar-refractivity contribution in [1.29, 1.82) is 0 Å². The van der Waals surface area contributed by atoms with E-state index >= 15 is 0 Å². The SMILES string of the molecule is CCc1ccc(C(Br)c2sccc2OC)cc1CC. The van der Waals surface area contributed by atoms with Gasteiger partial charge >= 0.3 is 0 Å². The third-order valence-electron chi connectivity index (χ3n) is 3.39. The summed E-state index contributed by atoms with van der Waals surface area (Å²) < 4.78 is 5.41. The highest BCUT2D eigenvalue weighted by Gasteiger charge is 2.17. The van der Waals surface area contributed by atoms with E-state index in [0.717, 1.165) is 18.6 Å². The summed E-state index contributed by atoms with van der Waals surface area (Å²) in [6, 6.07) is 8.81. The Labute approximate surface area is 127 Å². The van der Waals surface area contributed by atoms with Crippen molar-refractivity contribution in [3.8, 4) is 5.75 Å². The third-order valence-corrected chi connectivity index (χ3v) is 5.64. The Morgan fingerprint density at radius 3 is 2.53 bits per heavy atom. The number of ether oxygens (including phenoxy) is 1. The molecule has 2 rings (SSSR count). The van der Waals surface area contributed by atoms with E-state index in [1.54, 1.807) is 18.4 Å². The maximum atomic E-state index is 5.41. The van der Waals surface area contributed by atoms with Crippen molar-refractivity contribution in [2.75, 3.05) is 7.11 Å². The van der Waals surface area contributed by atoms with E-state index in [9.17, 15) is 0 Å². The number of alkyl halides is 1. The molecule has 1 atom stereocenters. The van der Waals surface area contributed by atoms with Crippen LogP contribution in [0.1, 0.15) is 40.2 Å². The van der Waals surface area contributed by atoms with Crippen LogP contribution in [0.2, 0.25) is 0 Å². The molecule has 102 valence electrons. The monoisotopic (exact) mass is 338 g/mol. The van der Waals surface area contributed by atoms with Crippen molar-refractivity contribution >= 4 is 27.3 Å². The lowest BCUT2D eigenvalue weighted by Gasteiger charge is -2.14. The van der Waals surface area contributed by atoms with Gasteiger partial charge in [0.15, 0.2) is 0 Å². The van der Waals surface area contributed by atoms with Gasteiger partial charge in [0.05, 0.1) is 16.8 Å². The topological polar surface area (TPSA) is 9.23 Å². The largest absolute Gasteiger partial charge is 0.496 e. The fraction of sp³-hybridized carbons (Fsp3) is 0.375. The van der Waals surface area contributed by atoms with Crippen LogP contribution in [0.25, 0.3) is 0 Å². The first-order valence-electron chi connectivity index (χ1n) is 6.58. The smallest absolute Gasteiger partial charge is 0.134 e. The molecule has 1 nitrogen and oxygen atoms in total. The highest BCUT2D eigenvalue weighted by molar-refractivity contribution is 9.09. The van der Waals surface area contributed by atoms with Crippen molar-refractivity contribution in [1.82, 2.24) is 0 Å². The van der Waals surface area contributed by atoms with E-state index in [4.69, 9.17) is 4.74 Å². The van der Waals surface area contributed by atoms with Gasteiger partial charge in [0, 0.05) is 0 Å². The van der Waals surface area contributed by atoms with Gasteiger partial charge in [0.1, 0.15) is 5.75 Å². The maximum Gasteiger partial charge on any atom is 0.134 e. The van der Waals surface area contributed by atoms with Crippen LogP contribution in [0, 0.1) is 0 Å². The standard InChI is InChI=1S/C16H19BrOS/c1-4-11-6-7-13(10-12(11)5-2)15(17)16-14(18-3)8-9-19-16/h6-10,15H,4-5H2,1-3H3. The first-order chi connectivity index (χ1) is 9.21. The molecule has 0 radical (unpaired) electrons. The van der Waals surface area contributed by atoms with Crippen LogP contribution in [0.5, 0.6) is 5.75 Å². The summed E-state index contributed by atoms with van der Waals surface area (Å²) in [7, 11) is 1.73. The molecule has 1 unspecified atom stereocenters. The molecule has 3 heteroatoms. The van der Waals surface area contributed by atoms with Gasteiger partial charge in [-0.15, -0.1) is 11.3 Å². The third kappa shape index (κ3) is 3.03. The molecule has 1 heterocycles. The Hall–Kier alpha value is -0.800. The number of methoxy groups -OCH3 is 1. The van der Waals surface area contributed by atoms with Crippen molar-refractivity contribution in [3.63, 3.8) is 0 Å². The zero-order valence-corrected chi connectivity index (χ0v) is 14.0.